The van der Waals surface area contributed by atoms with E-state index in [0.717, 1.165) is 36.1 Å². The van der Waals surface area contributed by atoms with E-state index >= 15 is 0 Å². The molecule has 0 radical (unpaired) electrons. The van der Waals surface area contributed by atoms with Crippen molar-refractivity contribution in [3.8, 4) is 17.1 Å². The average Bonchev–Trinajstić information content (AvgIpc) is 3.15. The van der Waals surface area contributed by atoms with Gasteiger partial charge in [0, 0.05) is 16.4 Å². The number of carboxylic acids is 1. The van der Waals surface area contributed by atoms with Crippen LogP contribution in [0.1, 0.15) is 47.5 Å². The highest BCUT2D eigenvalue weighted by molar-refractivity contribution is 8.00. The normalized spacial score (nSPS) is 12.5. The van der Waals surface area contributed by atoms with Gasteiger partial charge in [0.25, 0.3) is 0 Å². The van der Waals surface area contributed by atoms with Gasteiger partial charge in [-0.15, -0.1) is 11.8 Å². The zero-order valence-electron chi connectivity index (χ0n) is 18.3. The largest absolute Gasteiger partial charge is 0.489 e. The Labute approximate surface area is 194 Å². The third-order valence-corrected chi connectivity index (χ3v) is 6.42. The summed E-state index contributed by atoms with van der Waals surface area (Å²) in [6.45, 7) is 4.08. The number of rotatable bonds is 10. The van der Waals surface area contributed by atoms with Gasteiger partial charge in [-0.25, -0.2) is 0 Å². The Bertz CT molecular complexity index is 1070. The molecule has 0 aliphatic carbocycles. The smallest absolute Gasteiger partial charge is 0.416 e. The lowest BCUT2D eigenvalue weighted by Crippen LogP contribution is -2.03. The Morgan fingerprint density at radius 3 is 2.52 bits per heavy atom. The van der Waals surface area contributed by atoms with Crippen LogP contribution in [-0.2, 0) is 17.6 Å². The van der Waals surface area contributed by atoms with Crippen molar-refractivity contribution in [3.63, 3.8) is 0 Å². The first kappa shape index (κ1) is 24.8. The van der Waals surface area contributed by atoms with Gasteiger partial charge in [-0.2, -0.15) is 13.2 Å². The second kappa shape index (κ2) is 10.8. The number of carbonyl (C=O) groups is 1. The first-order valence-corrected chi connectivity index (χ1v) is 11.6. The number of hydrogen-bond donors (Lipinski definition) is 1. The molecule has 0 saturated heterocycles. The number of ether oxygens (including phenoxy) is 1. The van der Waals surface area contributed by atoms with Gasteiger partial charge >= 0.3 is 12.1 Å². The Hall–Kier alpha value is -2.87. The van der Waals surface area contributed by atoms with E-state index in [1.807, 2.05) is 24.3 Å². The highest BCUT2D eigenvalue weighted by atomic mass is 32.2. The Kier molecular flexibility index (Phi) is 8.13. The minimum Gasteiger partial charge on any atom is -0.489 e. The lowest BCUT2D eigenvalue weighted by Gasteiger charge is -2.16. The van der Waals surface area contributed by atoms with Crippen LogP contribution in [0.25, 0.3) is 11.3 Å². The van der Waals surface area contributed by atoms with Crippen LogP contribution in [0.2, 0.25) is 0 Å². The van der Waals surface area contributed by atoms with Crippen LogP contribution in [0.5, 0.6) is 5.75 Å². The fourth-order valence-electron chi connectivity index (χ4n) is 3.37. The van der Waals surface area contributed by atoms with E-state index in [2.05, 4.69) is 6.92 Å². The SMILES string of the molecule is CCCC(SCC(=O)O)c1cccc(OCc2cc(-c3ccc(C(F)(F)F)cc3)oc2C)c1. The van der Waals surface area contributed by atoms with Crippen molar-refractivity contribution in [2.24, 2.45) is 0 Å². The summed E-state index contributed by atoms with van der Waals surface area (Å²) in [7, 11) is 0. The summed E-state index contributed by atoms with van der Waals surface area (Å²) in [4.78, 5) is 11.0. The van der Waals surface area contributed by atoms with Gasteiger partial charge < -0.3 is 14.3 Å². The number of alkyl halides is 3. The lowest BCUT2D eigenvalue weighted by molar-refractivity contribution is -0.137. The molecule has 1 aromatic heterocycles. The summed E-state index contributed by atoms with van der Waals surface area (Å²) in [5, 5.41) is 9.06. The van der Waals surface area contributed by atoms with E-state index in [0.29, 0.717) is 22.8 Å². The molecule has 0 aliphatic heterocycles. The topological polar surface area (TPSA) is 59.7 Å². The van der Waals surface area contributed by atoms with Crippen LogP contribution in [0, 0.1) is 6.92 Å². The Balaban J connectivity index is 1.70. The summed E-state index contributed by atoms with van der Waals surface area (Å²) < 4.78 is 50.0. The van der Waals surface area contributed by atoms with E-state index in [4.69, 9.17) is 14.3 Å². The Morgan fingerprint density at radius 1 is 1.15 bits per heavy atom. The molecule has 4 nitrogen and oxygen atoms in total. The molecule has 0 bridgehead atoms. The Morgan fingerprint density at radius 2 is 1.88 bits per heavy atom. The molecule has 1 atom stereocenters. The van der Waals surface area contributed by atoms with Crippen molar-refractivity contribution in [3.05, 3.63) is 77.0 Å². The molecule has 3 aromatic rings. The number of thioether (sulfide) groups is 1. The maximum atomic E-state index is 12.8. The molecule has 176 valence electrons. The predicted octanol–water partition coefficient (Wildman–Crippen LogP) is 7.51. The second-order valence-electron chi connectivity index (χ2n) is 7.61. The van der Waals surface area contributed by atoms with Crippen molar-refractivity contribution in [1.82, 2.24) is 0 Å². The maximum Gasteiger partial charge on any atom is 0.416 e. The fourth-order valence-corrected chi connectivity index (χ4v) is 4.46. The quantitative estimate of drug-likeness (QED) is 0.327. The van der Waals surface area contributed by atoms with Crippen molar-refractivity contribution in [2.75, 3.05) is 5.75 Å². The molecule has 33 heavy (non-hydrogen) atoms. The summed E-state index contributed by atoms with van der Waals surface area (Å²) in [5.41, 5.74) is 1.65. The van der Waals surface area contributed by atoms with Crippen LogP contribution >= 0.6 is 11.8 Å². The highest BCUT2D eigenvalue weighted by Crippen LogP contribution is 2.35. The average molecular weight is 479 g/mol. The molecule has 8 heteroatoms. The molecular weight excluding hydrogens is 453 g/mol. The first-order chi connectivity index (χ1) is 15.7. The van der Waals surface area contributed by atoms with E-state index in [9.17, 15) is 18.0 Å². The molecule has 1 unspecified atom stereocenters. The summed E-state index contributed by atoms with van der Waals surface area (Å²) >= 11 is 1.40. The minimum atomic E-state index is -4.38. The molecular formula is C25H25F3O4S. The predicted molar refractivity (Wildman–Crippen MR) is 122 cm³/mol. The standard InChI is InChI=1S/C25H25F3O4S/c1-3-5-23(33-15-24(29)30)18-6-4-7-21(12-18)31-14-19-13-22(32-16(19)2)17-8-10-20(11-9-17)25(26,27)28/h4,6-13,23H,3,5,14-15H2,1-2H3,(H,29,30). The van der Waals surface area contributed by atoms with Gasteiger partial charge in [0.2, 0.25) is 0 Å². The van der Waals surface area contributed by atoms with Gasteiger partial charge in [0.05, 0.1) is 11.3 Å². The number of carboxylic acid groups (broad SMARTS) is 1. The summed E-state index contributed by atoms with van der Waals surface area (Å²) in [6, 6.07) is 14.2. The summed E-state index contributed by atoms with van der Waals surface area (Å²) in [5.74, 6) is 0.953. The van der Waals surface area contributed by atoms with Gasteiger partial charge in [-0.1, -0.05) is 37.6 Å². The fraction of sp³-hybridized carbons (Fsp3) is 0.320. The van der Waals surface area contributed by atoms with Crippen LogP contribution in [0.15, 0.2) is 59.0 Å². The van der Waals surface area contributed by atoms with Gasteiger partial charge in [0.15, 0.2) is 0 Å². The summed E-state index contributed by atoms with van der Waals surface area (Å²) in [6.07, 6.45) is -2.59. The zero-order chi connectivity index (χ0) is 24.0. The molecule has 2 aromatic carbocycles. The van der Waals surface area contributed by atoms with Crippen LogP contribution in [0.4, 0.5) is 13.2 Å². The van der Waals surface area contributed by atoms with E-state index in [1.165, 1.54) is 23.9 Å². The zero-order valence-corrected chi connectivity index (χ0v) is 19.1. The number of aryl methyl sites for hydroxylation is 1. The molecule has 0 spiro atoms. The first-order valence-electron chi connectivity index (χ1n) is 10.5. The molecule has 3 rings (SSSR count). The van der Waals surface area contributed by atoms with Gasteiger partial charge in [-0.3, -0.25) is 4.79 Å². The number of furan rings is 1. The third kappa shape index (κ3) is 6.81. The second-order valence-corrected chi connectivity index (χ2v) is 8.80. The number of benzene rings is 2. The number of aliphatic carboxylic acids is 1. The van der Waals surface area contributed by atoms with Crippen LogP contribution < -0.4 is 4.74 Å². The molecule has 0 fully saturated rings. The monoisotopic (exact) mass is 478 g/mol. The molecule has 0 aliphatic rings. The van der Waals surface area contributed by atoms with E-state index in [-0.39, 0.29) is 17.6 Å². The molecule has 1 N–H and O–H groups in total. The lowest BCUT2D eigenvalue weighted by atomic mass is 10.1. The minimum absolute atomic E-state index is 0.0384. The number of halogens is 3. The van der Waals surface area contributed by atoms with E-state index < -0.39 is 17.7 Å². The molecule has 0 amide bonds. The van der Waals surface area contributed by atoms with Gasteiger partial charge in [-0.05, 0) is 49.2 Å². The number of hydrogen-bond acceptors (Lipinski definition) is 4. The van der Waals surface area contributed by atoms with E-state index in [1.54, 1.807) is 13.0 Å². The van der Waals surface area contributed by atoms with Gasteiger partial charge in [0.1, 0.15) is 23.9 Å². The van der Waals surface area contributed by atoms with Crippen molar-refractivity contribution < 1.29 is 32.2 Å². The molecule has 0 saturated carbocycles. The molecule has 1 heterocycles. The maximum absolute atomic E-state index is 12.8. The third-order valence-electron chi connectivity index (χ3n) is 5.10. The van der Waals surface area contributed by atoms with Crippen LogP contribution in [-0.4, -0.2) is 16.8 Å². The van der Waals surface area contributed by atoms with Crippen molar-refractivity contribution in [2.45, 2.75) is 44.7 Å². The van der Waals surface area contributed by atoms with Crippen molar-refractivity contribution >= 4 is 17.7 Å². The van der Waals surface area contributed by atoms with Crippen LogP contribution in [0.3, 0.4) is 0 Å². The highest BCUT2D eigenvalue weighted by Gasteiger charge is 2.30. The van der Waals surface area contributed by atoms with Crippen molar-refractivity contribution in [1.29, 1.82) is 0 Å².